The normalized spacial score (nSPS) is 10.5. The molecule has 0 heterocycles. The van der Waals surface area contributed by atoms with Gasteiger partial charge in [0.25, 0.3) is 0 Å². The molecule has 0 radical (unpaired) electrons. The quantitative estimate of drug-likeness (QED) is 0.828. The molecule has 4 heteroatoms. The Morgan fingerprint density at radius 2 is 1.81 bits per heavy atom. The van der Waals surface area contributed by atoms with Gasteiger partial charge >= 0.3 is 6.09 Å². The molecule has 3 N–H and O–H groups in total. The number of hydrogen-bond donors (Lipinski definition) is 2. The molecule has 4 nitrogen and oxygen atoms in total. The van der Waals surface area contributed by atoms with E-state index in [4.69, 9.17) is 10.5 Å². The van der Waals surface area contributed by atoms with E-state index in [9.17, 15) is 4.79 Å². The number of anilines is 1. The van der Waals surface area contributed by atoms with Crippen LogP contribution in [0.2, 0.25) is 0 Å². The van der Waals surface area contributed by atoms with Gasteiger partial charge in [0.2, 0.25) is 0 Å². The van der Waals surface area contributed by atoms with E-state index in [1.165, 1.54) is 0 Å². The summed E-state index contributed by atoms with van der Waals surface area (Å²) in [7, 11) is 0. The highest BCUT2D eigenvalue weighted by Crippen LogP contribution is 2.11. The highest BCUT2D eigenvalue weighted by molar-refractivity contribution is 5.68. The van der Waals surface area contributed by atoms with E-state index >= 15 is 0 Å². The second-order valence-electron chi connectivity index (χ2n) is 4.47. The van der Waals surface area contributed by atoms with Gasteiger partial charge in [-0.3, -0.25) is 0 Å². The van der Waals surface area contributed by atoms with Crippen LogP contribution in [0, 0.1) is 0 Å². The second-order valence-corrected chi connectivity index (χ2v) is 4.47. The first kappa shape index (κ1) is 14.7. The van der Waals surface area contributed by atoms with Crippen LogP contribution < -0.4 is 11.1 Å². The van der Waals surface area contributed by atoms with Crippen LogP contribution in [0.25, 0.3) is 6.08 Å². The van der Waals surface area contributed by atoms with E-state index in [0.29, 0.717) is 12.2 Å². The molecule has 2 aromatic carbocycles. The summed E-state index contributed by atoms with van der Waals surface area (Å²) >= 11 is 0. The van der Waals surface area contributed by atoms with Crippen LogP contribution in [-0.4, -0.2) is 12.6 Å². The largest absolute Gasteiger partial charge is 0.445 e. The van der Waals surface area contributed by atoms with Crippen LogP contribution in [0.15, 0.2) is 60.7 Å². The maximum Gasteiger partial charge on any atom is 0.407 e. The van der Waals surface area contributed by atoms with Gasteiger partial charge in [0.1, 0.15) is 6.61 Å². The number of amides is 1. The summed E-state index contributed by atoms with van der Waals surface area (Å²) in [6.07, 6.45) is 3.26. The molecule has 0 atom stereocenters. The van der Waals surface area contributed by atoms with E-state index in [1.807, 2.05) is 66.7 Å². The molecule has 21 heavy (non-hydrogen) atoms. The van der Waals surface area contributed by atoms with Gasteiger partial charge in [0.05, 0.1) is 0 Å². The van der Waals surface area contributed by atoms with Crippen LogP contribution in [0.3, 0.4) is 0 Å². The summed E-state index contributed by atoms with van der Waals surface area (Å²) in [6, 6.07) is 17.1. The average Bonchev–Trinajstić information content (AvgIpc) is 2.52. The third-order valence-electron chi connectivity index (χ3n) is 2.87. The molecule has 0 saturated carbocycles. The van der Waals surface area contributed by atoms with Crippen LogP contribution in [-0.2, 0) is 11.3 Å². The maximum atomic E-state index is 11.5. The molecule has 2 aromatic rings. The number of carbonyl (C=O) groups excluding carboxylic acids is 1. The molecule has 108 valence electrons. The molecule has 2 rings (SSSR count). The van der Waals surface area contributed by atoms with Gasteiger partial charge < -0.3 is 15.8 Å². The minimum atomic E-state index is -0.440. The predicted octanol–water partition coefficient (Wildman–Crippen LogP) is 3.21. The summed E-state index contributed by atoms with van der Waals surface area (Å²) in [6.45, 7) is 0.657. The fourth-order valence-corrected chi connectivity index (χ4v) is 1.76. The Morgan fingerprint density at radius 3 is 2.57 bits per heavy atom. The highest BCUT2D eigenvalue weighted by Gasteiger charge is 2.00. The van der Waals surface area contributed by atoms with Crippen molar-refractivity contribution in [3.8, 4) is 0 Å². The van der Waals surface area contributed by atoms with Crippen molar-refractivity contribution in [2.45, 2.75) is 6.61 Å². The maximum absolute atomic E-state index is 11.5. The molecule has 0 saturated heterocycles. The standard InChI is InChI=1S/C17H18N2O2/c18-16-11-5-4-9-15(16)10-6-12-19-17(20)21-13-14-7-2-1-3-8-14/h1-11H,12-13,18H2,(H,19,20). The Labute approximate surface area is 124 Å². The van der Waals surface area contributed by atoms with Crippen molar-refractivity contribution in [3.63, 3.8) is 0 Å². The number of nitrogens with two attached hydrogens (primary N) is 1. The fraction of sp³-hybridized carbons (Fsp3) is 0.118. The molecule has 0 fully saturated rings. The lowest BCUT2D eigenvalue weighted by atomic mass is 10.2. The number of nitrogens with one attached hydrogen (secondary N) is 1. The Kier molecular flexibility index (Phi) is 5.41. The van der Waals surface area contributed by atoms with E-state index < -0.39 is 6.09 Å². The summed E-state index contributed by atoms with van der Waals surface area (Å²) in [4.78, 5) is 11.5. The molecular formula is C17H18N2O2. The van der Waals surface area contributed by atoms with Gasteiger partial charge in [-0.15, -0.1) is 0 Å². The van der Waals surface area contributed by atoms with E-state index in [0.717, 1.165) is 11.1 Å². The summed E-state index contributed by atoms with van der Waals surface area (Å²) < 4.78 is 5.10. The zero-order valence-electron chi connectivity index (χ0n) is 11.7. The van der Waals surface area contributed by atoms with Crippen molar-refractivity contribution >= 4 is 17.9 Å². The van der Waals surface area contributed by atoms with Gasteiger partial charge in [-0.2, -0.15) is 0 Å². The Bertz CT molecular complexity index is 609. The van der Waals surface area contributed by atoms with Crippen LogP contribution >= 0.6 is 0 Å². The molecule has 0 spiro atoms. The number of rotatable bonds is 5. The van der Waals surface area contributed by atoms with Crippen molar-refractivity contribution in [2.24, 2.45) is 0 Å². The zero-order chi connectivity index (χ0) is 14.9. The number of nitrogen functional groups attached to an aromatic ring is 1. The van der Waals surface area contributed by atoms with Gasteiger partial charge in [-0.25, -0.2) is 4.79 Å². The second kappa shape index (κ2) is 7.75. The topological polar surface area (TPSA) is 64.3 Å². The number of benzene rings is 2. The number of ether oxygens (including phenoxy) is 1. The van der Waals surface area contributed by atoms with Gasteiger partial charge in [0, 0.05) is 12.2 Å². The molecule has 1 amide bonds. The minimum absolute atomic E-state index is 0.266. The van der Waals surface area contributed by atoms with Gasteiger partial charge in [-0.05, 0) is 17.2 Å². The zero-order valence-corrected chi connectivity index (χ0v) is 11.7. The SMILES string of the molecule is Nc1ccccc1C=CCNC(=O)OCc1ccccc1. The van der Waals surface area contributed by atoms with Gasteiger partial charge in [0.15, 0.2) is 0 Å². The minimum Gasteiger partial charge on any atom is -0.445 e. The predicted molar refractivity (Wildman–Crippen MR) is 84.5 cm³/mol. The van der Waals surface area contributed by atoms with E-state index in [2.05, 4.69) is 5.32 Å². The third kappa shape index (κ3) is 5.03. The smallest absolute Gasteiger partial charge is 0.407 e. The molecule has 0 aliphatic heterocycles. The van der Waals surface area contributed by atoms with Crippen LogP contribution in [0.4, 0.5) is 10.5 Å². The monoisotopic (exact) mass is 282 g/mol. The van der Waals surface area contributed by atoms with Crippen molar-refractivity contribution in [3.05, 3.63) is 71.8 Å². The molecule has 0 unspecified atom stereocenters. The summed E-state index contributed by atoms with van der Waals surface area (Å²) in [5, 5.41) is 2.65. The molecule has 0 aromatic heterocycles. The summed E-state index contributed by atoms with van der Waals surface area (Å²) in [5.74, 6) is 0. The lowest BCUT2D eigenvalue weighted by Gasteiger charge is -2.05. The highest BCUT2D eigenvalue weighted by atomic mass is 16.5. The van der Waals surface area contributed by atoms with Crippen LogP contribution in [0.1, 0.15) is 11.1 Å². The summed E-state index contributed by atoms with van der Waals surface area (Å²) in [5.41, 5.74) is 8.41. The van der Waals surface area contributed by atoms with Crippen LogP contribution in [0.5, 0.6) is 0 Å². The first-order chi connectivity index (χ1) is 10.3. The van der Waals surface area contributed by atoms with E-state index in [-0.39, 0.29) is 6.61 Å². The van der Waals surface area contributed by atoms with Crippen molar-refractivity contribution in [1.29, 1.82) is 0 Å². The Hall–Kier alpha value is -2.75. The number of hydrogen-bond acceptors (Lipinski definition) is 3. The van der Waals surface area contributed by atoms with Gasteiger partial charge in [-0.1, -0.05) is 60.7 Å². The third-order valence-corrected chi connectivity index (χ3v) is 2.87. The van der Waals surface area contributed by atoms with Crippen molar-refractivity contribution < 1.29 is 9.53 Å². The molecule has 0 aliphatic carbocycles. The Balaban J connectivity index is 1.71. The molecule has 0 aliphatic rings. The molecular weight excluding hydrogens is 264 g/mol. The number of para-hydroxylation sites is 1. The Morgan fingerprint density at radius 1 is 1.10 bits per heavy atom. The van der Waals surface area contributed by atoms with E-state index in [1.54, 1.807) is 0 Å². The average molecular weight is 282 g/mol. The first-order valence-electron chi connectivity index (χ1n) is 6.71. The fourth-order valence-electron chi connectivity index (χ4n) is 1.76. The van der Waals surface area contributed by atoms with Crippen molar-refractivity contribution in [2.75, 3.05) is 12.3 Å². The number of carbonyl (C=O) groups is 1. The van der Waals surface area contributed by atoms with Crippen molar-refractivity contribution in [1.82, 2.24) is 5.32 Å². The lowest BCUT2D eigenvalue weighted by molar-refractivity contribution is 0.141. The first-order valence-corrected chi connectivity index (χ1v) is 6.71. The lowest BCUT2D eigenvalue weighted by Crippen LogP contribution is -2.24. The molecule has 0 bridgehead atoms. The number of alkyl carbamates (subject to hydrolysis) is 1.